The van der Waals surface area contributed by atoms with Gasteiger partial charge >= 0.3 is 0 Å². The normalized spacial score (nSPS) is 12.2. The zero-order valence-corrected chi connectivity index (χ0v) is 21.1. The third-order valence-corrected chi connectivity index (χ3v) is 5.38. The first-order valence-electron chi connectivity index (χ1n) is 13.5. The topological polar surface area (TPSA) is 18.5 Å². The van der Waals surface area contributed by atoms with Gasteiger partial charge in [-0.25, -0.2) is 0 Å². The lowest BCUT2D eigenvalue weighted by Crippen LogP contribution is -2.03. The van der Waals surface area contributed by atoms with E-state index in [4.69, 9.17) is 9.47 Å². The largest absolute Gasteiger partial charge is 0.381 e. The molecular weight excluding hydrogens is 380 g/mol. The molecule has 0 N–H and O–H groups in total. The smallest absolute Gasteiger partial charge is 0.0487 e. The monoisotopic (exact) mass is 434 g/mol. The first-order chi connectivity index (χ1) is 15.4. The third-order valence-electron chi connectivity index (χ3n) is 5.38. The van der Waals surface area contributed by atoms with Crippen molar-refractivity contribution in [3.8, 4) is 0 Å². The summed E-state index contributed by atoms with van der Waals surface area (Å²) in [5.41, 5.74) is 0. The van der Waals surface area contributed by atoms with Crippen molar-refractivity contribution in [2.75, 3.05) is 26.4 Å². The van der Waals surface area contributed by atoms with Gasteiger partial charge in [-0.15, -0.1) is 0 Å². The second-order valence-electron chi connectivity index (χ2n) is 8.54. The van der Waals surface area contributed by atoms with Crippen molar-refractivity contribution in [1.29, 1.82) is 0 Å². The van der Waals surface area contributed by atoms with Crippen molar-refractivity contribution in [3.05, 3.63) is 36.5 Å². The van der Waals surface area contributed by atoms with E-state index in [9.17, 15) is 0 Å². The van der Waals surface area contributed by atoms with Crippen LogP contribution in [-0.4, -0.2) is 26.4 Å². The molecule has 0 fully saturated rings. The molecule has 0 unspecified atom stereocenters. The molecule has 31 heavy (non-hydrogen) atoms. The summed E-state index contributed by atoms with van der Waals surface area (Å²) < 4.78 is 11.4. The van der Waals surface area contributed by atoms with Crippen molar-refractivity contribution in [2.45, 2.75) is 123 Å². The van der Waals surface area contributed by atoms with E-state index >= 15 is 0 Å². The fourth-order valence-electron chi connectivity index (χ4n) is 3.41. The molecule has 182 valence electrons. The summed E-state index contributed by atoms with van der Waals surface area (Å²) >= 11 is 0. The van der Waals surface area contributed by atoms with E-state index in [0.717, 1.165) is 45.7 Å². The molecular formula is C29H54O2. The molecule has 0 aromatic rings. The second-order valence-corrected chi connectivity index (χ2v) is 8.54. The highest BCUT2D eigenvalue weighted by atomic mass is 16.5. The molecule has 0 aliphatic carbocycles. The van der Waals surface area contributed by atoms with Gasteiger partial charge in [0.1, 0.15) is 0 Å². The van der Waals surface area contributed by atoms with Crippen LogP contribution in [0.3, 0.4) is 0 Å². The Morgan fingerprint density at radius 3 is 1.48 bits per heavy atom. The second kappa shape index (κ2) is 29.1. The Bertz CT molecular complexity index is 398. The van der Waals surface area contributed by atoms with Crippen LogP contribution in [0.4, 0.5) is 0 Å². The van der Waals surface area contributed by atoms with Gasteiger partial charge in [-0.05, 0) is 70.6 Å². The summed E-state index contributed by atoms with van der Waals surface area (Å²) in [6, 6.07) is 0. The van der Waals surface area contributed by atoms with Crippen LogP contribution in [0, 0.1) is 0 Å². The van der Waals surface area contributed by atoms with E-state index in [0.29, 0.717) is 0 Å². The van der Waals surface area contributed by atoms with Gasteiger partial charge in [-0.3, -0.25) is 0 Å². The maximum Gasteiger partial charge on any atom is 0.0487 e. The minimum atomic E-state index is 0.842. The molecule has 2 heteroatoms. The van der Waals surface area contributed by atoms with Crippen molar-refractivity contribution < 1.29 is 9.47 Å². The maximum absolute atomic E-state index is 5.72. The summed E-state index contributed by atoms with van der Waals surface area (Å²) in [4.78, 5) is 0. The Morgan fingerprint density at radius 1 is 0.419 bits per heavy atom. The SMILES string of the molecule is CCC=CCCCCOCCCOCCCCCCCCC=CCC=CCCCCC. The highest BCUT2D eigenvalue weighted by molar-refractivity contribution is 4.92. The molecule has 0 rings (SSSR count). The zero-order valence-electron chi connectivity index (χ0n) is 21.1. The minimum absolute atomic E-state index is 0.842. The molecule has 0 saturated carbocycles. The maximum atomic E-state index is 5.72. The number of allylic oxidation sites excluding steroid dienone is 6. The minimum Gasteiger partial charge on any atom is -0.381 e. The van der Waals surface area contributed by atoms with E-state index in [1.165, 1.54) is 89.9 Å². The van der Waals surface area contributed by atoms with Crippen molar-refractivity contribution in [1.82, 2.24) is 0 Å². The van der Waals surface area contributed by atoms with Gasteiger partial charge in [0, 0.05) is 26.4 Å². The average Bonchev–Trinajstić information content (AvgIpc) is 2.78. The van der Waals surface area contributed by atoms with Gasteiger partial charge in [0.2, 0.25) is 0 Å². The van der Waals surface area contributed by atoms with Crippen LogP contribution >= 0.6 is 0 Å². The van der Waals surface area contributed by atoms with Gasteiger partial charge in [0.15, 0.2) is 0 Å². The molecule has 0 spiro atoms. The summed E-state index contributed by atoms with van der Waals surface area (Å²) in [7, 11) is 0. The van der Waals surface area contributed by atoms with E-state index in [2.05, 4.69) is 50.3 Å². The van der Waals surface area contributed by atoms with E-state index in [1.54, 1.807) is 0 Å². The fraction of sp³-hybridized carbons (Fsp3) is 0.793. The number of unbranched alkanes of at least 4 members (excludes halogenated alkanes) is 11. The Kier molecular flexibility index (Phi) is 28.3. The first kappa shape index (κ1) is 30.1. The highest BCUT2D eigenvalue weighted by Crippen LogP contribution is 2.08. The van der Waals surface area contributed by atoms with E-state index < -0.39 is 0 Å². The van der Waals surface area contributed by atoms with Crippen LogP contribution in [0.25, 0.3) is 0 Å². The lowest BCUT2D eigenvalue weighted by atomic mass is 10.1. The zero-order chi connectivity index (χ0) is 22.5. The summed E-state index contributed by atoms with van der Waals surface area (Å²) in [6.45, 7) is 7.94. The molecule has 0 aromatic heterocycles. The molecule has 0 saturated heterocycles. The third kappa shape index (κ3) is 29.1. The van der Waals surface area contributed by atoms with Crippen molar-refractivity contribution >= 4 is 0 Å². The molecule has 0 aromatic carbocycles. The standard InChI is InChI=1S/C29H54O2/c1-3-5-7-9-11-12-13-14-15-16-17-18-19-20-22-24-27-31-29-25-28-30-26-23-21-10-8-6-4-2/h6,8,11-12,14-15H,3-5,7,9-10,13,16-29H2,1-2H3. The molecule has 0 radical (unpaired) electrons. The van der Waals surface area contributed by atoms with Gasteiger partial charge < -0.3 is 9.47 Å². The Labute approximate surface area is 195 Å². The van der Waals surface area contributed by atoms with Crippen LogP contribution in [0.2, 0.25) is 0 Å². The Morgan fingerprint density at radius 2 is 0.871 bits per heavy atom. The molecule has 0 bridgehead atoms. The number of ether oxygens (including phenoxy) is 2. The number of hydrogen-bond acceptors (Lipinski definition) is 2. The lowest BCUT2D eigenvalue weighted by Gasteiger charge is -2.06. The van der Waals surface area contributed by atoms with Crippen LogP contribution in [0.5, 0.6) is 0 Å². The summed E-state index contributed by atoms with van der Waals surface area (Å²) in [6.07, 6.45) is 35.2. The molecule has 0 heterocycles. The van der Waals surface area contributed by atoms with E-state index in [-0.39, 0.29) is 0 Å². The average molecular weight is 435 g/mol. The van der Waals surface area contributed by atoms with Crippen molar-refractivity contribution in [2.24, 2.45) is 0 Å². The molecule has 0 amide bonds. The summed E-state index contributed by atoms with van der Waals surface area (Å²) in [5.74, 6) is 0. The quantitative estimate of drug-likeness (QED) is 0.105. The lowest BCUT2D eigenvalue weighted by molar-refractivity contribution is 0.0797. The predicted octanol–water partition coefficient (Wildman–Crippen LogP) is 9.36. The predicted molar refractivity (Wildman–Crippen MR) is 139 cm³/mol. The van der Waals surface area contributed by atoms with Crippen LogP contribution in [0.15, 0.2) is 36.5 Å². The summed E-state index contributed by atoms with van der Waals surface area (Å²) in [5, 5.41) is 0. The molecule has 0 atom stereocenters. The van der Waals surface area contributed by atoms with Crippen molar-refractivity contribution in [3.63, 3.8) is 0 Å². The van der Waals surface area contributed by atoms with Crippen LogP contribution in [0.1, 0.15) is 123 Å². The molecule has 2 nitrogen and oxygen atoms in total. The van der Waals surface area contributed by atoms with Gasteiger partial charge in [0.05, 0.1) is 0 Å². The number of hydrogen-bond donors (Lipinski definition) is 0. The van der Waals surface area contributed by atoms with Crippen LogP contribution < -0.4 is 0 Å². The van der Waals surface area contributed by atoms with Crippen LogP contribution in [-0.2, 0) is 9.47 Å². The number of rotatable bonds is 25. The molecule has 0 aliphatic rings. The van der Waals surface area contributed by atoms with Gasteiger partial charge in [-0.1, -0.05) is 88.8 Å². The van der Waals surface area contributed by atoms with Gasteiger partial charge in [-0.2, -0.15) is 0 Å². The Balaban J connectivity index is 3.10. The fourth-order valence-corrected chi connectivity index (χ4v) is 3.41. The van der Waals surface area contributed by atoms with Gasteiger partial charge in [0.25, 0.3) is 0 Å². The molecule has 0 aliphatic heterocycles. The van der Waals surface area contributed by atoms with E-state index in [1.807, 2.05) is 0 Å². The first-order valence-corrected chi connectivity index (χ1v) is 13.5. The highest BCUT2D eigenvalue weighted by Gasteiger charge is 1.94. The Hall–Kier alpha value is -0.860.